The van der Waals surface area contributed by atoms with Gasteiger partial charge in [-0.25, -0.2) is 8.78 Å². The second-order valence-electron chi connectivity index (χ2n) is 8.04. The fourth-order valence-electron chi connectivity index (χ4n) is 4.00. The summed E-state index contributed by atoms with van der Waals surface area (Å²) in [5, 5.41) is 7.84. The van der Waals surface area contributed by atoms with Crippen LogP contribution >= 0.6 is 12.2 Å². The van der Waals surface area contributed by atoms with E-state index in [1.54, 1.807) is 29.2 Å². The largest absolute Gasteiger partial charge is 0.351 e. The highest BCUT2D eigenvalue weighted by molar-refractivity contribution is 7.80. The van der Waals surface area contributed by atoms with Crippen LogP contribution in [0, 0.1) is 18.6 Å². The Bertz CT molecular complexity index is 1400. The number of halogens is 2. The fraction of sp³-hybridized carbons (Fsp3) is 0.115. The minimum atomic E-state index is -0.468. The molecule has 1 aliphatic rings. The van der Waals surface area contributed by atoms with Crippen molar-refractivity contribution in [1.29, 1.82) is 0 Å². The maximum atomic E-state index is 14.0. The van der Waals surface area contributed by atoms with Crippen molar-refractivity contribution in [3.63, 3.8) is 0 Å². The van der Waals surface area contributed by atoms with E-state index in [2.05, 4.69) is 15.5 Å². The number of anilines is 1. The molecule has 0 spiro atoms. The van der Waals surface area contributed by atoms with Gasteiger partial charge in [0.1, 0.15) is 11.6 Å². The molecule has 2 heterocycles. The molecule has 4 aromatic rings. The number of hydrogen-bond donors (Lipinski definition) is 1. The summed E-state index contributed by atoms with van der Waals surface area (Å²) in [6, 6.07) is 19.6. The van der Waals surface area contributed by atoms with E-state index in [0.29, 0.717) is 33.8 Å². The minimum absolute atomic E-state index is 0.291. The molecule has 5 nitrogen and oxygen atoms in total. The van der Waals surface area contributed by atoms with Crippen molar-refractivity contribution in [2.75, 3.05) is 4.90 Å². The highest BCUT2D eigenvalue weighted by Gasteiger charge is 2.35. The number of hydrogen-bond acceptors (Lipinski definition) is 4. The zero-order valence-electron chi connectivity index (χ0n) is 18.4. The van der Waals surface area contributed by atoms with Gasteiger partial charge in [0.15, 0.2) is 5.11 Å². The van der Waals surface area contributed by atoms with E-state index in [0.717, 1.165) is 16.7 Å². The molecule has 8 heteroatoms. The molecule has 0 bridgehead atoms. The van der Waals surface area contributed by atoms with Crippen molar-refractivity contribution in [3.05, 3.63) is 107 Å². The second kappa shape index (κ2) is 8.79. The molecule has 0 amide bonds. The lowest BCUT2D eigenvalue weighted by Crippen LogP contribution is -2.46. The smallest absolute Gasteiger partial charge is 0.258 e. The molecule has 170 valence electrons. The summed E-state index contributed by atoms with van der Waals surface area (Å²) >= 11 is 5.65. The number of nitrogens with one attached hydrogen (secondary N) is 1. The monoisotopic (exact) mass is 474 g/mol. The Morgan fingerprint density at radius 2 is 1.68 bits per heavy atom. The number of aromatic nitrogens is 2. The lowest BCUT2D eigenvalue weighted by atomic mass is 9.94. The Morgan fingerprint density at radius 1 is 0.941 bits per heavy atom. The molecule has 0 saturated heterocycles. The van der Waals surface area contributed by atoms with Gasteiger partial charge < -0.3 is 9.84 Å². The number of allylic oxidation sites excluding steroid dienone is 1. The van der Waals surface area contributed by atoms with Crippen LogP contribution < -0.4 is 10.2 Å². The molecule has 1 atom stereocenters. The number of aryl methyl sites for hydroxylation is 1. The molecule has 1 unspecified atom stereocenters. The van der Waals surface area contributed by atoms with Crippen molar-refractivity contribution < 1.29 is 13.3 Å². The van der Waals surface area contributed by atoms with Crippen LogP contribution in [-0.4, -0.2) is 15.3 Å². The van der Waals surface area contributed by atoms with E-state index >= 15 is 0 Å². The van der Waals surface area contributed by atoms with E-state index < -0.39 is 6.04 Å². The van der Waals surface area contributed by atoms with Crippen LogP contribution in [0.1, 0.15) is 30.0 Å². The third kappa shape index (κ3) is 4.08. The molecule has 0 saturated carbocycles. The fourth-order valence-corrected chi connectivity index (χ4v) is 4.36. The third-order valence-electron chi connectivity index (χ3n) is 5.72. The van der Waals surface area contributed by atoms with Crippen molar-refractivity contribution in [3.8, 4) is 11.4 Å². The summed E-state index contributed by atoms with van der Waals surface area (Å²) in [7, 11) is 0. The van der Waals surface area contributed by atoms with Gasteiger partial charge in [0.05, 0.1) is 17.3 Å². The topological polar surface area (TPSA) is 54.2 Å². The molecule has 5 rings (SSSR count). The predicted molar refractivity (Wildman–Crippen MR) is 131 cm³/mol. The number of benzene rings is 3. The number of thiocarbonyl (C=S) groups is 1. The average molecular weight is 475 g/mol. The van der Waals surface area contributed by atoms with Gasteiger partial charge in [0.2, 0.25) is 5.82 Å². The van der Waals surface area contributed by atoms with Crippen molar-refractivity contribution in [1.82, 2.24) is 15.5 Å². The molecule has 0 radical (unpaired) electrons. The van der Waals surface area contributed by atoms with E-state index in [1.165, 1.54) is 24.3 Å². The first-order valence-corrected chi connectivity index (χ1v) is 11.0. The Hall–Kier alpha value is -3.91. The summed E-state index contributed by atoms with van der Waals surface area (Å²) in [5.41, 5.74) is 4.63. The van der Waals surface area contributed by atoms with Crippen LogP contribution in [0.15, 0.2) is 83.0 Å². The predicted octanol–water partition coefficient (Wildman–Crippen LogP) is 6.19. The molecule has 3 aromatic carbocycles. The van der Waals surface area contributed by atoms with Gasteiger partial charge in [-0.2, -0.15) is 4.98 Å². The maximum Gasteiger partial charge on any atom is 0.258 e. The molecule has 1 aliphatic heterocycles. The van der Waals surface area contributed by atoms with Crippen LogP contribution in [0.25, 0.3) is 17.0 Å². The van der Waals surface area contributed by atoms with Crippen LogP contribution in [0.3, 0.4) is 0 Å². The summed E-state index contributed by atoms with van der Waals surface area (Å²) in [6.07, 6.45) is 0. The van der Waals surface area contributed by atoms with Gasteiger partial charge in [-0.3, -0.25) is 4.90 Å². The molecule has 1 aromatic heterocycles. The van der Waals surface area contributed by atoms with Gasteiger partial charge >= 0.3 is 0 Å². The van der Waals surface area contributed by atoms with E-state index in [1.807, 2.05) is 38.1 Å². The zero-order chi connectivity index (χ0) is 23.8. The number of rotatable bonds is 4. The van der Waals surface area contributed by atoms with Gasteiger partial charge in [-0.15, -0.1) is 0 Å². The quantitative estimate of drug-likeness (QED) is 0.356. The summed E-state index contributed by atoms with van der Waals surface area (Å²) < 4.78 is 33.3. The standard InChI is InChI=1S/C26H20F2N4OS/c1-15-6-8-18(9-7-15)24-30-25(33-31-24)22-16(2)32(21-5-3-4-20(28)14-21)26(34)29-23(22)17-10-12-19(27)13-11-17/h3-14,23H,1-2H3,(H,29,34). The Kier molecular flexibility index (Phi) is 5.67. The minimum Gasteiger partial charge on any atom is -0.351 e. The molecule has 0 aliphatic carbocycles. The Morgan fingerprint density at radius 3 is 2.38 bits per heavy atom. The lowest BCUT2D eigenvalue weighted by molar-refractivity contribution is 0.404. The van der Waals surface area contributed by atoms with E-state index in [9.17, 15) is 8.78 Å². The Labute approximate surface area is 200 Å². The normalized spacial score (nSPS) is 16.1. The summed E-state index contributed by atoms with van der Waals surface area (Å²) in [4.78, 5) is 6.38. The first kappa shape index (κ1) is 21.9. The van der Waals surface area contributed by atoms with Crippen molar-refractivity contribution >= 4 is 28.6 Å². The van der Waals surface area contributed by atoms with Crippen molar-refractivity contribution in [2.24, 2.45) is 0 Å². The first-order chi connectivity index (χ1) is 16.4. The molecule has 0 fully saturated rings. The third-order valence-corrected chi connectivity index (χ3v) is 6.02. The van der Waals surface area contributed by atoms with Crippen LogP contribution in [0.5, 0.6) is 0 Å². The molecular weight excluding hydrogens is 454 g/mol. The zero-order valence-corrected chi connectivity index (χ0v) is 19.2. The van der Waals surface area contributed by atoms with E-state index in [-0.39, 0.29) is 11.6 Å². The summed E-state index contributed by atoms with van der Waals surface area (Å²) in [6.45, 7) is 3.87. The van der Waals surface area contributed by atoms with Gasteiger partial charge in [-0.1, -0.05) is 53.2 Å². The molecule has 1 N–H and O–H groups in total. The second-order valence-corrected chi connectivity index (χ2v) is 8.42. The SMILES string of the molecule is CC1=C(c2nc(-c3ccc(C)cc3)no2)C(c2ccc(F)cc2)NC(=S)N1c1cccc(F)c1. The lowest BCUT2D eigenvalue weighted by Gasteiger charge is -2.37. The molecular formula is C26H20F2N4OS. The average Bonchev–Trinajstić information content (AvgIpc) is 3.29. The van der Waals surface area contributed by atoms with Crippen molar-refractivity contribution in [2.45, 2.75) is 19.9 Å². The highest BCUT2D eigenvalue weighted by Crippen LogP contribution is 2.39. The molecule has 34 heavy (non-hydrogen) atoms. The highest BCUT2D eigenvalue weighted by atomic mass is 32.1. The first-order valence-electron chi connectivity index (χ1n) is 10.6. The van der Waals surface area contributed by atoms with Crippen LogP contribution in [-0.2, 0) is 0 Å². The van der Waals surface area contributed by atoms with E-state index in [4.69, 9.17) is 16.7 Å². The number of nitrogens with zero attached hydrogens (tertiary/aromatic N) is 3. The Balaban J connectivity index is 1.65. The summed E-state index contributed by atoms with van der Waals surface area (Å²) in [5.74, 6) is 0.0115. The van der Waals surface area contributed by atoms with Crippen LogP contribution in [0.2, 0.25) is 0 Å². The van der Waals surface area contributed by atoms with Gasteiger partial charge in [0, 0.05) is 11.3 Å². The maximum absolute atomic E-state index is 14.0. The van der Waals surface area contributed by atoms with Gasteiger partial charge in [0.25, 0.3) is 5.89 Å². The van der Waals surface area contributed by atoms with Gasteiger partial charge in [-0.05, 0) is 62.0 Å². The van der Waals surface area contributed by atoms with Crippen LogP contribution in [0.4, 0.5) is 14.5 Å².